The van der Waals surface area contributed by atoms with Gasteiger partial charge in [-0.05, 0) is 44.9 Å². The fraction of sp³-hybridized carbons (Fsp3) is 0.500. The third-order valence-corrected chi connectivity index (χ3v) is 4.87. The molecule has 0 saturated heterocycles. The summed E-state index contributed by atoms with van der Waals surface area (Å²) in [7, 11) is -2.12. The van der Waals surface area contributed by atoms with Gasteiger partial charge in [0.1, 0.15) is 0 Å². The van der Waals surface area contributed by atoms with Crippen molar-refractivity contribution in [2.75, 3.05) is 7.05 Å². The van der Waals surface area contributed by atoms with Crippen molar-refractivity contribution in [2.45, 2.75) is 44.6 Å². The van der Waals surface area contributed by atoms with Crippen LogP contribution in [0.1, 0.15) is 43.1 Å². The fourth-order valence-corrected chi connectivity index (χ4v) is 2.55. The molecule has 5 nitrogen and oxygen atoms in total. The van der Waals surface area contributed by atoms with E-state index in [0.29, 0.717) is 11.1 Å². The Labute approximate surface area is 120 Å². The molecule has 0 atom stereocenters. The van der Waals surface area contributed by atoms with Gasteiger partial charge in [0.2, 0.25) is 10.0 Å². The smallest absolute Gasteiger partial charge is 0.254 e. The Hall–Kier alpha value is -1.40. The molecule has 0 saturated carbocycles. The van der Waals surface area contributed by atoms with E-state index in [9.17, 15) is 13.2 Å². The van der Waals surface area contributed by atoms with E-state index >= 15 is 0 Å². The van der Waals surface area contributed by atoms with Crippen molar-refractivity contribution in [3.05, 3.63) is 29.3 Å². The first-order valence-electron chi connectivity index (χ1n) is 6.42. The van der Waals surface area contributed by atoms with Crippen molar-refractivity contribution in [1.82, 2.24) is 4.90 Å². The summed E-state index contributed by atoms with van der Waals surface area (Å²) in [4.78, 5) is 14.0. The molecular formula is C14H22N2O3S. The van der Waals surface area contributed by atoms with E-state index in [-0.39, 0.29) is 16.3 Å². The molecule has 0 aliphatic rings. The summed E-state index contributed by atoms with van der Waals surface area (Å²) >= 11 is 0. The summed E-state index contributed by atoms with van der Waals surface area (Å²) < 4.78 is 23.0. The topological polar surface area (TPSA) is 80.5 Å². The summed E-state index contributed by atoms with van der Waals surface area (Å²) in [5.74, 6) is -0.221. The highest BCUT2D eigenvalue weighted by molar-refractivity contribution is 7.89. The minimum atomic E-state index is -3.83. The van der Waals surface area contributed by atoms with Gasteiger partial charge in [0.15, 0.2) is 0 Å². The second kappa shape index (κ2) is 5.54. The fourth-order valence-electron chi connectivity index (χ4n) is 1.75. The SMILES string of the molecule is CCC(C)(C)N(C)C(=O)c1ccc(C)c(S(N)(=O)=O)c1. The van der Waals surface area contributed by atoms with Crippen molar-refractivity contribution in [3.8, 4) is 0 Å². The first kappa shape index (κ1) is 16.7. The normalized spacial score (nSPS) is 12.3. The lowest BCUT2D eigenvalue weighted by Crippen LogP contribution is -2.44. The lowest BCUT2D eigenvalue weighted by molar-refractivity contribution is 0.0620. The Kier molecular flexibility index (Phi) is 4.61. The molecule has 0 heterocycles. The van der Waals surface area contributed by atoms with E-state index in [4.69, 9.17) is 5.14 Å². The van der Waals surface area contributed by atoms with Crippen LogP contribution in [0.3, 0.4) is 0 Å². The lowest BCUT2D eigenvalue weighted by Gasteiger charge is -2.35. The molecule has 0 unspecified atom stereocenters. The second-order valence-corrected chi connectivity index (χ2v) is 7.09. The van der Waals surface area contributed by atoms with Gasteiger partial charge in [-0.25, -0.2) is 13.6 Å². The Morgan fingerprint density at radius 3 is 2.35 bits per heavy atom. The quantitative estimate of drug-likeness (QED) is 0.922. The number of sulfonamides is 1. The Morgan fingerprint density at radius 2 is 1.90 bits per heavy atom. The van der Waals surface area contributed by atoms with Crippen LogP contribution in [0.4, 0.5) is 0 Å². The number of carbonyl (C=O) groups is 1. The number of nitrogens with two attached hydrogens (primary N) is 1. The highest BCUT2D eigenvalue weighted by Gasteiger charge is 2.27. The van der Waals surface area contributed by atoms with Crippen LogP contribution in [0.25, 0.3) is 0 Å². The van der Waals surface area contributed by atoms with Gasteiger partial charge in [0.25, 0.3) is 5.91 Å². The van der Waals surface area contributed by atoms with Gasteiger partial charge >= 0.3 is 0 Å². The van der Waals surface area contributed by atoms with E-state index in [1.807, 2.05) is 20.8 Å². The third-order valence-electron chi connectivity index (χ3n) is 3.82. The van der Waals surface area contributed by atoms with E-state index < -0.39 is 10.0 Å². The van der Waals surface area contributed by atoms with E-state index in [2.05, 4.69) is 0 Å². The molecule has 112 valence electrons. The summed E-state index contributed by atoms with van der Waals surface area (Å²) in [6, 6.07) is 4.56. The van der Waals surface area contributed by atoms with Crippen LogP contribution in [-0.4, -0.2) is 31.8 Å². The molecular weight excluding hydrogens is 276 g/mol. The van der Waals surface area contributed by atoms with Crippen molar-refractivity contribution in [1.29, 1.82) is 0 Å². The zero-order chi connectivity index (χ0) is 15.7. The summed E-state index contributed by atoms with van der Waals surface area (Å²) in [6.07, 6.45) is 0.795. The maximum Gasteiger partial charge on any atom is 0.254 e. The van der Waals surface area contributed by atoms with Gasteiger partial charge in [-0.1, -0.05) is 13.0 Å². The molecule has 20 heavy (non-hydrogen) atoms. The largest absolute Gasteiger partial charge is 0.337 e. The number of rotatable bonds is 4. The average Bonchev–Trinajstić information content (AvgIpc) is 2.36. The minimum Gasteiger partial charge on any atom is -0.337 e. The highest BCUT2D eigenvalue weighted by atomic mass is 32.2. The monoisotopic (exact) mass is 298 g/mol. The zero-order valence-corrected chi connectivity index (χ0v) is 13.4. The predicted molar refractivity (Wildman–Crippen MR) is 79.0 cm³/mol. The summed E-state index contributed by atoms with van der Waals surface area (Å²) in [5, 5.41) is 5.16. The Balaban J connectivity index is 3.26. The Bertz CT molecular complexity index is 621. The molecule has 2 N–H and O–H groups in total. The van der Waals surface area contributed by atoms with Crippen molar-refractivity contribution in [2.24, 2.45) is 5.14 Å². The third kappa shape index (κ3) is 3.37. The van der Waals surface area contributed by atoms with Crippen molar-refractivity contribution in [3.63, 3.8) is 0 Å². The van der Waals surface area contributed by atoms with E-state index in [1.54, 1.807) is 31.0 Å². The van der Waals surface area contributed by atoms with Crippen LogP contribution < -0.4 is 5.14 Å². The molecule has 0 aliphatic carbocycles. The van der Waals surface area contributed by atoms with Crippen LogP contribution >= 0.6 is 0 Å². The van der Waals surface area contributed by atoms with Gasteiger partial charge in [0.05, 0.1) is 4.90 Å². The van der Waals surface area contributed by atoms with Crippen LogP contribution in [-0.2, 0) is 10.0 Å². The first-order chi connectivity index (χ1) is 9.00. The molecule has 0 fully saturated rings. The first-order valence-corrected chi connectivity index (χ1v) is 7.97. The van der Waals surface area contributed by atoms with Crippen LogP contribution in [0, 0.1) is 6.92 Å². The molecule has 1 rings (SSSR count). The molecule has 0 aromatic heterocycles. The maximum absolute atomic E-state index is 12.4. The number of amides is 1. The standard InChI is InChI=1S/C14H22N2O3S/c1-6-14(3,4)16(5)13(17)11-8-7-10(2)12(9-11)20(15,18)19/h7-9H,6H2,1-5H3,(H2,15,18,19). The molecule has 1 aromatic rings. The van der Waals surface area contributed by atoms with Crippen LogP contribution in [0.5, 0.6) is 0 Å². The van der Waals surface area contributed by atoms with Gasteiger partial charge in [-0.2, -0.15) is 0 Å². The summed E-state index contributed by atoms with van der Waals surface area (Å²) in [5.41, 5.74) is 0.550. The highest BCUT2D eigenvalue weighted by Crippen LogP contribution is 2.21. The van der Waals surface area contributed by atoms with E-state index in [1.165, 1.54) is 6.07 Å². The Morgan fingerprint density at radius 1 is 1.35 bits per heavy atom. The molecule has 0 spiro atoms. The van der Waals surface area contributed by atoms with Crippen molar-refractivity contribution < 1.29 is 13.2 Å². The summed E-state index contributed by atoms with van der Waals surface area (Å²) in [6.45, 7) is 7.56. The lowest BCUT2D eigenvalue weighted by atomic mass is 9.98. The molecule has 1 aromatic carbocycles. The van der Waals surface area contributed by atoms with Gasteiger partial charge < -0.3 is 4.90 Å². The minimum absolute atomic E-state index is 0.00828. The van der Waals surface area contributed by atoms with Crippen LogP contribution in [0.2, 0.25) is 0 Å². The van der Waals surface area contributed by atoms with Gasteiger partial charge in [-0.3, -0.25) is 4.79 Å². The number of hydrogen-bond acceptors (Lipinski definition) is 3. The van der Waals surface area contributed by atoms with Gasteiger partial charge in [-0.15, -0.1) is 0 Å². The number of primary sulfonamides is 1. The number of carbonyl (C=O) groups excluding carboxylic acids is 1. The van der Waals surface area contributed by atoms with Crippen molar-refractivity contribution >= 4 is 15.9 Å². The molecule has 6 heteroatoms. The van der Waals surface area contributed by atoms with Gasteiger partial charge in [0, 0.05) is 18.2 Å². The second-order valence-electron chi connectivity index (χ2n) is 5.56. The maximum atomic E-state index is 12.4. The zero-order valence-electron chi connectivity index (χ0n) is 12.6. The number of nitrogens with zero attached hydrogens (tertiary/aromatic N) is 1. The molecule has 0 bridgehead atoms. The molecule has 0 radical (unpaired) electrons. The number of benzene rings is 1. The number of aryl methyl sites for hydroxylation is 1. The molecule has 1 amide bonds. The number of hydrogen-bond donors (Lipinski definition) is 1. The van der Waals surface area contributed by atoms with E-state index in [0.717, 1.165) is 6.42 Å². The molecule has 0 aliphatic heterocycles. The average molecular weight is 298 g/mol. The van der Waals surface area contributed by atoms with Crippen LogP contribution in [0.15, 0.2) is 23.1 Å². The predicted octanol–water partition coefficient (Wildman–Crippen LogP) is 1.90.